The van der Waals surface area contributed by atoms with Gasteiger partial charge in [-0.25, -0.2) is 0 Å². The lowest BCUT2D eigenvalue weighted by atomic mass is 9.69. The summed E-state index contributed by atoms with van der Waals surface area (Å²) in [5.41, 5.74) is 2.64. The van der Waals surface area contributed by atoms with Gasteiger partial charge in [-0.3, -0.25) is 9.59 Å². The maximum atomic E-state index is 13.0. The van der Waals surface area contributed by atoms with Crippen molar-refractivity contribution in [3.63, 3.8) is 0 Å². The number of ketones is 2. The number of benzene rings is 1. The van der Waals surface area contributed by atoms with E-state index in [1.165, 1.54) is 0 Å². The smallest absolute Gasteiger partial charge is 0.165 e. The number of allylic oxidation sites excluding steroid dienone is 3. The fourth-order valence-electron chi connectivity index (χ4n) is 3.86. The number of carbonyl (C=O) groups excluding carboxylic acids is 2. The van der Waals surface area contributed by atoms with Crippen LogP contribution in [-0.2, 0) is 4.79 Å². The summed E-state index contributed by atoms with van der Waals surface area (Å²) in [6, 6.07) is 9.35. The van der Waals surface area contributed by atoms with Gasteiger partial charge < -0.3 is 0 Å². The first-order valence-corrected chi connectivity index (χ1v) is 9.26. The molecular formula is C23H30O2. The normalized spacial score (nSPS) is 19.2. The van der Waals surface area contributed by atoms with Gasteiger partial charge in [0.2, 0.25) is 0 Å². The third kappa shape index (κ3) is 4.36. The van der Waals surface area contributed by atoms with Crippen LogP contribution in [0.3, 0.4) is 0 Å². The standard InChI is InChI=1S/C23H30O2/c1-6-18-13-10-14-23(4,5)21(18)20(24)15-16(2)17(3)22(25)19-11-8-7-9-12-19/h6-9,11-12,16-17H,1,10,13-15H2,2-5H3. The lowest BCUT2D eigenvalue weighted by Gasteiger charge is -2.34. The zero-order valence-corrected chi connectivity index (χ0v) is 16.0. The monoisotopic (exact) mass is 338 g/mol. The van der Waals surface area contributed by atoms with Crippen LogP contribution in [0.1, 0.15) is 63.7 Å². The predicted molar refractivity (Wildman–Crippen MR) is 104 cm³/mol. The second-order valence-electron chi connectivity index (χ2n) is 7.97. The van der Waals surface area contributed by atoms with Gasteiger partial charge >= 0.3 is 0 Å². The molecule has 134 valence electrons. The maximum absolute atomic E-state index is 13.0. The highest BCUT2D eigenvalue weighted by atomic mass is 16.1. The van der Waals surface area contributed by atoms with Crippen LogP contribution in [0.25, 0.3) is 0 Å². The summed E-state index contributed by atoms with van der Waals surface area (Å²) in [4.78, 5) is 25.7. The number of hydrogen-bond acceptors (Lipinski definition) is 2. The predicted octanol–water partition coefficient (Wildman–Crippen LogP) is 5.79. The molecule has 1 aromatic carbocycles. The number of carbonyl (C=O) groups is 2. The quantitative estimate of drug-likeness (QED) is 0.589. The average molecular weight is 338 g/mol. The lowest BCUT2D eigenvalue weighted by Crippen LogP contribution is -2.29. The molecule has 0 heterocycles. The summed E-state index contributed by atoms with van der Waals surface area (Å²) < 4.78 is 0. The molecule has 0 aliphatic heterocycles. The zero-order chi connectivity index (χ0) is 18.6. The molecule has 1 aliphatic carbocycles. The maximum Gasteiger partial charge on any atom is 0.165 e. The van der Waals surface area contributed by atoms with E-state index < -0.39 is 0 Å². The molecule has 0 radical (unpaired) electrons. The van der Waals surface area contributed by atoms with E-state index in [1.54, 1.807) is 0 Å². The Balaban J connectivity index is 2.15. The van der Waals surface area contributed by atoms with Crippen LogP contribution in [0.2, 0.25) is 0 Å². The van der Waals surface area contributed by atoms with E-state index in [4.69, 9.17) is 0 Å². The SMILES string of the molecule is C=CC1=C(C(=O)CC(C)C(C)C(=O)c2ccccc2)C(C)(C)CCC1. The van der Waals surface area contributed by atoms with Crippen molar-refractivity contribution in [2.24, 2.45) is 17.3 Å². The van der Waals surface area contributed by atoms with Gasteiger partial charge in [-0.05, 0) is 36.2 Å². The van der Waals surface area contributed by atoms with Crippen LogP contribution in [0.5, 0.6) is 0 Å². The second-order valence-corrected chi connectivity index (χ2v) is 7.97. The Labute approximate surface area is 152 Å². The van der Waals surface area contributed by atoms with E-state index in [0.29, 0.717) is 6.42 Å². The van der Waals surface area contributed by atoms with Crippen molar-refractivity contribution in [2.45, 2.75) is 53.4 Å². The first kappa shape index (κ1) is 19.4. The minimum Gasteiger partial charge on any atom is -0.295 e. The first-order valence-electron chi connectivity index (χ1n) is 9.26. The molecule has 0 aromatic heterocycles. The molecule has 0 saturated carbocycles. The molecule has 2 rings (SSSR count). The Kier molecular flexibility index (Phi) is 6.16. The summed E-state index contributed by atoms with van der Waals surface area (Å²) in [5.74, 6) is 0.129. The van der Waals surface area contributed by atoms with Gasteiger partial charge in [-0.2, -0.15) is 0 Å². The molecule has 0 bridgehead atoms. The third-order valence-electron chi connectivity index (χ3n) is 5.60. The average Bonchev–Trinajstić information content (AvgIpc) is 2.59. The molecule has 25 heavy (non-hydrogen) atoms. The van der Waals surface area contributed by atoms with Crippen LogP contribution in [-0.4, -0.2) is 11.6 Å². The van der Waals surface area contributed by atoms with Gasteiger partial charge in [0.15, 0.2) is 11.6 Å². The van der Waals surface area contributed by atoms with Crippen LogP contribution in [0, 0.1) is 17.3 Å². The Morgan fingerprint density at radius 2 is 1.84 bits per heavy atom. The van der Waals surface area contributed by atoms with Crippen molar-refractivity contribution < 1.29 is 9.59 Å². The summed E-state index contributed by atoms with van der Waals surface area (Å²) >= 11 is 0. The van der Waals surface area contributed by atoms with Crippen LogP contribution >= 0.6 is 0 Å². The second kappa shape index (κ2) is 7.95. The van der Waals surface area contributed by atoms with Gasteiger partial charge in [-0.1, -0.05) is 70.7 Å². The summed E-state index contributed by atoms with van der Waals surface area (Å²) in [6.07, 6.45) is 5.32. The molecule has 2 atom stereocenters. The summed E-state index contributed by atoms with van der Waals surface area (Å²) in [5, 5.41) is 0. The largest absolute Gasteiger partial charge is 0.295 e. The van der Waals surface area contributed by atoms with Crippen molar-refractivity contribution in [3.05, 3.63) is 59.7 Å². The molecular weight excluding hydrogens is 308 g/mol. The third-order valence-corrected chi connectivity index (χ3v) is 5.60. The number of Topliss-reactive ketones (excluding diaryl/α,β-unsaturated/α-hetero) is 2. The molecule has 2 nitrogen and oxygen atoms in total. The summed E-state index contributed by atoms with van der Waals surface area (Å²) in [6.45, 7) is 12.1. The highest BCUT2D eigenvalue weighted by Crippen LogP contribution is 2.42. The highest BCUT2D eigenvalue weighted by Gasteiger charge is 2.34. The molecule has 0 fully saturated rings. The van der Waals surface area contributed by atoms with E-state index in [-0.39, 0.29) is 28.8 Å². The van der Waals surface area contributed by atoms with Crippen LogP contribution in [0.15, 0.2) is 54.1 Å². The molecule has 1 aromatic rings. The van der Waals surface area contributed by atoms with Gasteiger partial charge in [0, 0.05) is 23.5 Å². The Morgan fingerprint density at radius 3 is 2.44 bits per heavy atom. The van der Waals surface area contributed by atoms with Gasteiger partial charge in [0.05, 0.1) is 0 Å². The van der Waals surface area contributed by atoms with Crippen LogP contribution < -0.4 is 0 Å². The van der Waals surface area contributed by atoms with Crippen molar-refractivity contribution in [3.8, 4) is 0 Å². The first-order chi connectivity index (χ1) is 11.8. The Morgan fingerprint density at radius 1 is 1.20 bits per heavy atom. The van der Waals surface area contributed by atoms with Gasteiger partial charge in [0.1, 0.15) is 0 Å². The molecule has 0 amide bonds. The van der Waals surface area contributed by atoms with E-state index in [0.717, 1.165) is 36.0 Å². The molecule has 2 unspecified atom stereocenters. The topological polar surface area (TPSA) is 34.1 Å². The van der Waals surface area contributed by atoms with Crippen molar-refractivity contribution in [1.29, 1.82) is 0 Å². The molecule has 0 saturated heterocycles. The van der Waals surface area contributed by atoms with E-state index in [9.17, 15) is 9.59 Å². The molecule has 0 N–H and O–H groups in total. The lowest BCUT2D eigenvalue weighted by molar-refractivity contribution is -0.117. The fraction of sp³-hybridized carbons (Fsp3) is 0.478. The van der Waals surface area contributed by atoms with Gasteiger partial charge in [0.25, 0.3) is 0 Å². The Hall–Kier alpha value is -1.96. The highest BCUT2D eigenvalue weighted by molar-refractivity contribution is 6.00. The van der Waals surface area contributed by atoms with E-state index in [1.807, 2.05) is 50.3 Å². The van der Waals surface area contributed by atoms with Crippen molar-refractivity contribution in [2.75, 3.05) is 0 Å². The van der Waals surface area contributed by atoms with Crippen molar-refractivity contribution >= 4 is 11.6 Å². The van der Waals surface area contributed by atoms with Crippen molar-refractivity contribution in [1.82, 2.24) is 0 Å². The fourth-order valence-corrected chi connectivity index (χ4v) is 3.86. The van der Waals surface area contributed by atoms with Crippen LogP contribution in [0.4, 0.5) is 0 Å². The van der Waals surface area contributed by atoms with E-state index in [2.05, 4.69) is 20.4 Å². The van der Waals surface area contributed by atoms with E-state index >= 15 is 0 Å². The molecule has 1 aliphatic rings. The number of rotatable bonds is 7. The Bertz CT molecular complexity index is 679. The number of hydrogen-bond donors (Lipinski definition) is 0. The molecule has 2 heteroatoms. The summed E-state index contributed by atoms with van der Waals surface area (Å²) in [7, 11) is 0. The minimum atomic E-state index is -0.175. The minimum absolute atomic E-state index is 0.0106. The zero-order valence-electron chi connectivity index (χ0n) is 16.0. The van der Waals surface area contributed by atoms with Gasteiger partial charge in [-0.15, -0.1) is 0 Å². The molecule has 0 spiro atoms.